The molecule has 40 heavy (non-hydrogen) atoms. The van der Waals surface area contributed by atoms with E-state index in [1.807, 2.05) is 32.0 Å². The maximum atomic E-state index is 12.7. The zero-order chi connectivity index (χ0) is 28.2. The number of methoxy groups -OCH3 is 1. The van der Waals surface area contributed by atoms with Crippen molar-refractivity contribution in [2.45, 2.75) is 32.8 Å². The molecule has 0 bridgehead atoms. The van der Waals surface area contributed by atoms with Gasteiger partial charge in [0, 0.05) is 37.6 Å². The van der Waals surface area contributed by atoms with Gasteiger partial charge in [-0.15, -0.1) is 0 Å². The number of amides is 1. The number of ether oxygens (including phenoxy) is 4. The highest BCUT2D eigenvalue weighted by Crippen LogP contribution is 2.32. The number of aromatic nitrogens is 3. The van der Waals surface area contributed by atoms with Crippen LogP contribution in [0.15, 0.2) is 47.0 Å². The predicted molar refractivity (Wildman–Crippen MR) is 142 cm³/mol. The summed E-state index contributed by atoms with van der Waals surface area (Å²) in [5.74, 6) is 1.97. The van der Waals surface area contributed by atoms with Crippen molar-refractivity contribution in [1.29, 1.82) is 0 Å². The predicted octanol–water partition coefficient (Wildman–Crippen LogP) is 4.77. The Morgan fingerprint density at radius 2 is 1.80 bits per heavy atom. The number of fused-ring (bicyclic) bond motifs is 1. The fraction of sp³-hybridized carbons (Fsp3) is 0.321. The Morgan fingerprint density at radius 3 is 2.50 bits per heavy atom. The first-order chi connectivity index (χ1) is 19.3. The summed E-state index contributed by atoms with van der Waals surface area (Å²) in [5, 5.41) is 8.76. The second kappa shape index (κ2) is 11.5. The summed E-state index contributed by atoms with van der Waals surface area (Å²) >= 11 is 0. The molecule has 12 nitrogen and oxygen atoms in total. The molecular formula is C28H28N4O8. The average molecular weight is 549 g/mol. The van der Waals surface area contributed by atoms with Crippen LogP contribution in [0, 0.1) is 13.8 Å². The van der Waals surface area contributed by atoms with Crippen molar-refractivity contribution in [2.75, 3.05) is 26.8 Å². The van der Waals surface area contributed by atoms with Gasteiger partial charge in [0.25, 0.3) is 11.6 Å². The maximum absolute atomic E-state index is 12.7. The third-order valence-electron chi connectivity index (χ3n) is 6.49. The first kappa shape index (κ1) is 26.7. The molecule has 0 atom stereocenters. The van der Waals surface area contributed by atoms with E-state index in [2.05, 4.69) is 15.0 Å². The van der Waals surface area contributed by atoms with Crippen molar-refractivity contribution in [2.24, 2.45) is 0 Å². The lowest BCUT2D eigenvalue weighted by Gasteiger charge is -2.31. The average Bonchev–Trinajstić information content (AvgIpc) is 3.36. The number of benzene rings is 2. The molecule has 1 N–H and O–H groups in total. The third kappa shape index (κ3) is 6.06. The number of oxazole rings is 1. The molecule has 4 aromatic rings. The van der Waals surface area contributed by atoms with Crippen molar-refractivity contribution >= 4 is 23.3 Å². The molecule has 1 aliphatic heterocycles. The number of carbonyl (C=O) groups excluding carboxylic acids is 1. The highest BCUT2D eigenvalue weighted by molar-refractivity contribution is 5.78. The van der Waals surface area contributed by atoms with Gasteiger partial charge in [0.15, 0.2) is 6.61 Å². The molecule has 12 heteroatoms. The topological polar surface area (TPSA) is 146 Å². The molecule has 0 spiro atoms. The Kier molecular flexibility index (Phi) is 7.67. The van der Waals surface area contributed by atoms with Crippen LogP contribution in [0.25, 0.3) is 22.7 Å². The number of hydrogen-bond donors (Lipinski definition) is 1. The van der Waals surface area contributed by atoms with Crippen LogP contribution in [0.3, 0.4) is 0 Å². The highest BCUT2D eigenvalue weighted by atomic mass is 16.7. The minimum absolute atomic E-state index is 0.114. The van der Waals surface area contributed by atoms with Crippen molar-refractivity contribution in [3.8, 4) is 34.7 Å². The lowest BCUT2D eigenvalue weighted by Crippen LogP contribution is -2.43. The Labute approximate surface area is 229 Å². The van der Waals surface area contributed by atoms with E-state index in [1.165, 1.54) is 6.20 Å². The normalized spacial score (nSPS) is 13.7. The SMILES string of the molecule is COc1cccc(Oc2ncc3nc(-c4cc(C)c(OCC(=O)N5CCC(OC(=O)O)CC5)c(C)c4)oc3n2)c1. The smallest absolute Gasteiger partial charge is 0.497 e. The van der Waals surface area contributed by atoms with E-state index in [4.69, 9.17) is 28.5 Å². The van der Waals surface area contributed by atoms with Crippen molar-refractivity contribution < 1.29 is 38.1 Å². The number of carboxylic acid groups (broad SMARTS) is 1. The lowest BCUT2D eigenvalue weighted by atomic mass is 10.1. The first-order valence-corrected chi connectivity index (χ1v) is 12.7. The summed E-state index contributed by atoms with van der Waals surface area (Å²) in [5.41, 5.74) is 3.11. The zero-order valence-corrected chi connectivity index (χ0v) is 22.2. The van der Waals surface area contributed by atoms with Crippen LogP contribution < -0.4 is 14.2 Å². The number of likely N-dealkylation sites (tertiary alicyclic amines) is 1. The minimum atomic E-state index is -1.29. The van der Waals surface area contributed by atoms with E-state index in [-0.39, 0.29) is 30.3 Å². The van der Waals surface area contributed by atoms with Crippen LogP contribution in [0.4, 0.5) is 4.79 Å². The number of hydrogen-bond acceptors (Lipinski definition) is 10. The molecule has 208 valence electrons. The monoisotopic (exact) mass is 548 g/mol. The van der Waals surface area contributed by atoms with Crippen LogP contribution in [-0.4, -0.2) is 69.9 Å². The van der Waals surface area contributed by atoms with Gasteiger partial charge in [-0.25, -0.2) is 14.8 Å². The van der Waals surface area contributed by atoms with Gasteiger partial charge in [-0.2, -0.15) is 4.98 Å². The molecule has 2 aromatic carbocycles. The van der Waals surface area contributed by atoms with Gasteiger partial charge >= 0.3 is 12.2 Å². The molecule has 5 rings (SSSR count). The van der Waals surface area contributed by atoms with Crippen LogP contribution in [0.1, 0.15) is 24.0 Å². The fourth-order valence-corrected chi connectivity index (χ4v) is 4.56. The maximum Gasteiger partial charge on any atom is 0.506 e. The summed E-state index contributed by atoms with van der Waals surface area (Å²) in [4.78, 5) is 38.1. The summed E-state index contributed by atoms with van der Waals surface area (Å²) in [6.07, 6.45) is 0.785. The molecule has 2 aromatic heterocycles. The van der Waals surface area contributed by atoms with Crippen LogP contribution in [-0.2, 0) is 9.53 Å². The van der Waals surface area contributed by atoms with Gasteiger partial charge in [-0.05, 0) is 49.2 Å². The first-order valence-electron chi connectivity index (χ1n) is 12.7. The largest absolute Gasteiger partial charge is 0.506 e. The van der Waals surface area contributed by atoms with E-state index < -0.39 is 6.16 Å². The zero-order valence-electron chi connectivity index (χ0n) is 22.2. The summed E-state index contributed by atoms with van der Waals surface area (Å²) in [6, 6.07) is 11.0. The van der Waals surface area contributed by atoms with Gasteiger partial charge in [0.2, 0.25) is 5.89 Å². The Hall–Kier alpha value is -4.87. The van der Waals surface area contributed by atoms with E-state index in [1.54, 1.807) is 30.2 Å². The summed E-state index contributed by atoms with van der Waals surface area (Å²) in [7, 11) is 1.58. The Morgan fingerprint density at radius 1 is 1.07 bits per heavy atom. The summed E-state index contributed by atoms with van der Waals surface area (Å²) in [6.45, 7) is 4.48. The minimum Gasteiger partial charge on any atom is -0.497 e. The van der Waals surface area contributed by atoms with Crippen molar-refractivity contribution in [1.82, 2.24) is 19.9 Å². The van der Waals surface area contributed by atoms with E-state index in [0.29, 0.717) is 54.6 Å². The van der Waals surface area contributed by atoms with E-state index in [9.17, 15) is 9.59 Å². The molecule has 3 heterocycles. The molecule has 1 amide bonds. The number of aryl methyl sites for hydroxylation is 2. The van der Waals surface area contributed by atoms with Gasteiger partial charge in [0.1, 0.15) is 28.9 Å². The van der Waals surface area contributed by atoms with Gasteiger partial charge in [-0.3, -0.25) is 4.79 Å². The number of nitrogens with zero attached hydrogens (tertiary/aromatic N) is 4. The van der Waals surface area contributed by atoms with Crippen molar-refractivity contribution in [3.05, 3.63) is 53.7 Å². The quantitative estimate of drug-likeness (QED) is 0.304. The third-order valence-corrected chi connectivity index (χ3v) is 6.49. The number of carbonyl (C=O) groups is 2. The highest BCUT2D eigenvalue weighted by Gasteiger charge is 2.25. The molecule has 0 radical (unpaired) electrons. The van der Waals surface area contributed by atoms with Crippen LogP contribution in [0.5, 0.6) is 23.3 Å². The van der Waals surface area contributed by atoms with E-state index >= 15 is 0 Å². The standard InChI is InChI=1S/C28H28N4O8/c1-16-11-18(12-17(2)24(16)37-15-23(33)32-9-7-19(8-10-32)39-28(34)35)25-30-22-14-29-27(31-26(22)40-25)38-21-6-4-5-20(13-21)36-3/h4-6,11-14,19H,7-10,15H2,1-3H3,(H,34,35). The van der Waals surface area contributed by atoms with Gasteiger partial charge < -0.3 is 33.4 Å². The molecular weight excluding hydrogens is 520 g/mol. The van der Waals surface area contributed by atoms with Crippen LogP contribution >= 0.6 is 0 Å². The van der Waals surface area contributed by atoms with E-state index in [0.717, 1.165) is 16.7 Å². The summed E-state index contributed by atoms with van der Waals surface area (Å²) < 4.78 is 27.6. The molecule has 0 aliphatic carbocycles. The second-order valence-corrected chi connectivity index (χ2v) is 9.33. The lowest BCUT2D eigenvalue weighted by molar-refractivity contribution is -0.135. The molecule has 1 saturated heterocycles. The van der Waals surface area contributed by atoms with Crippen LogP contribution in [0.2, 0.25) is 0 Å². The van der Waals surface area contributed by atoms with Gasteiger partial charge in [0.05, 0.1) is 13.3 Å². The fourth-order valence-electron chi connectivity index (χ4n) is 4.56. The molecule has 0 unspecified atom stereocenters. The second-order valence-electron chi connectivity index (χ2n) is 9.33. The number of rotatable bonds is 8. The van der Waals surface area contributed by atoms with Gasteiger partial charge in [-0.1, -0.05) is 6.07 Å². The molecule has 1 fully saturated rings. The molecule has 0 saturated carbocycles. The number of piperidine rings is 1. The van der Waals surface area contributed by atoms with Crippen molar-refractivity contribution in [3.63, 3.8) is 0 Å². The Bertz CT molecular complexity index is 1520. The Balaban J connectivity index is 1.25. The molecule has 1 aliphatic rings.